The molecule has 1 fully saturated rings. The largest absolute Gasteiger partial charge is 0.506 e. The number of hydrogen-bond acceptors (Lipinski definition) is 6. The van der Waals surface area contributed by atoms with E-state index in [9.17, 15) is 27.8 Å². The van der Waals surface area contributed by atoms with Gasteiger partial charge in [-0.2, -0.15) is 4.76 Å². The van der Waals surface area contributed by atoms with Crippen LogP contribution in [0.3, 0.4) is 0 Å². The molecule has 4 N–H and O–H groups in total. The number of nitrogens with zero attached hydrogens (tertiary/aromatic N) is 2. The first kappa shape index (κ1) is 21.7. The summed E-state index contributed by atoms with van der Waals surface area (Å²) in [6.07, 6.45) is 2.99. The molecule has 2 heterocycles. The Morgan fingerprint density at radius 2 is 1.97 bits per heavy atom. The van der Waals surface area contributed by atoms with E-state index in [2.05, 4.69) is 14.8 Å². The molecule has 1 unspecified atom stereocenters. The molecule has 1 aromatic heterocycles. The first-order valence-corrected chi connectivity index (χ1v) is 13.7. The molecule has 10 nitrogen and oxygen atoms in total. The normalized spacial score (nSPS) is 20.1. The monoisotopic (exact) mass is 488 g/mol. The van der Waals surface area contributed by atoms with E-state index in [0.29, 0.717) is 23.4 Å². The molecule has 5 rings (SSSR count). The molecular formula is C21H21N4O6PS. The minimum absolute atomic E-state index is 0.103. The first-order valence-electron chi connectivity index (χ1n) is 10.2. The fraction of sp³-hybridized carbons (Fsp3) is 0.238. The van der Waals surface area contributed by atoms with Crippen LogP contribution in [0.5, 0.6) is 5.75 Å². The Morgan fingerprint density at radius 3 is 2.67 bits per heavy atom. The highest BCUT2D eigenvalue weighted by molar-refractivity contribution is 7.92. The molecule has 33 heavy (non-hydrogen) atoms. The predicted octanol–water partition coefficient (Wildman–Crippen LogP) is 2.17. The number of para-hydroxylation sites is 1. The van der Waals surface area contributed by atoms with Crippen molar-refractivity contribution >= 4 is 51.0 Å². The maximum atomic E-state index is 13.4. The second kappa shape index (κ2) is 7.44. The van der Waals surface area contributed by atoms with Gasteiger partial charge >= 0.3 is 7.52 Å². The SMILES string of the molecule is CS(=O)(=O)Nc1ccc2c(c1)P(=O)(O)N=C(c1c(O)c3ccccc3n(CC3CC3)c1=O)N2. The summed E-state index contributed by atoms with van der Waals surface area (Å²) in [5.74, 6) is -0.169. The van der Waals surface area contributed by atoms with Crippen LogP contribution in [-0.4, -0.2) is 35.1 Å². The van der Waals surface area contributed by atoms with Gasteiger partial charge in [-0.15, -0.1) is 0 Å². The zero-order chi connectivity index (χ0) is 23.5. The van der Waals surface area contributed by atoms with Crippen molar-refractivity contribution in [2.75, 3.05) is 16.3 Å². The average molecular weight is 488 g/mol. The number of aromatic hydroxyl groups is 1. The van der Waals surface area contributed by atoms with Gasteiger partial charge in [0.25, 0.3) is 5.56 Å². The van der Waals surface area contributed by atoms with Crippen LogP contribution >= 0.6 is 7.52 Å². The van der Waals surface area contributed by atoms with E-state index < -0.39 is 23.1 Å². The fourth-order valence-electron chi connectivity index (χ4n) is 3.95. The minimum Gasteiger partial charge on any atom is -0.506 e. The van der Waals surface area contributed by atoms with E-state index in [-0.39, 0.29) is 33.8 Å². The van der Waals surface area contributed by atoms with Crippen molar-refractivity contribution < 1.29 is 23.0 Å². The van der Waals surface area contributed by atoms with E-state index >= 15 is 0 Å². The standard InChI is InChI=1S/C21H21N4O6PS/c1-33(30,31)24-13-8-9-15-17(10-13)32(28,29)23-20(22-15)18-19(26)14-4-2-3-5-16(14)25(21(18)27)11-12-6-7-12/h2-5,8-10,12,24,26H,6-7,11H2,1H3,(H2,22,23,28,29). The molecule has 1 saturated carbocycles. The Morgan fingerprint density at radius 1 is 1.24 bits per heavy atom. The van der Waals surface area contributed by atoms with E-state index in [1.165, 1.54) is 18.2 Å². The molecule has 1 aliphatic heterocycles. The Balaban J connectivity index is 1.66. The second-order valence-corrected chi connectivity index (χ2v) is 11.8. The minimum atomic E-state index is -4.39. The summed E-state index contributed by atoms with van der Waals surface area (Å²) < 4.78 is 43.8. The van der Waals surface area contributed by atoms with Gasteiger partial charge in [0.1, 0.15) is 11.3 Å². The van der Waals surface area contributed by atoms with Crippen LogP contribution in [0.4, 0.5) is 11.4 Å². The quantitative estimate of drug-likeness (QED) is 0.402. The molecule has 12 heteroatoms. The van der Waals surface area contributed by atoms with E-state index in [1.54, 1.807) is 28.8 Å². The zero-order valence-electron chi connectivity index (χ0n) is 17.5. The fourth-order valence-corrected chi connectivity index (χ4v) is 5.79. The van der Waals surface area contributed by atoms with Gasteiger partial charge in [0.05, 0.1) is 22.8 Å². The maximum absolute atomic E-state index is 13.4. The average Bonchev–Trinajstić information content (AvgIpc) is 3.54. The van der Waals surface area contributed by atoms with Crippen molar-refractivity contribution in [3.8, 4) is 5.75 Å². The number of nitrogens with one attached hydrogen (secondary N) is 2. The number of anilines is 2. The number of aromatic nitrogens is 1. The van der Waals surface area contributed by atoms with Crippen LogP contribution in [0.25, 0.3) is 10.9 Å². The number of pyridine rings is 1. The molecule has 0 spiro atoms. The van der Waals surface area contributed by atoms with Crippen LogP contribution in [0.2, 0.25) is 0 Å². The summed E-state index contributed by atoms with van der Waals surface area (Å²) in [6.45, 7) is 0.480. The lowest BCUT2D eigenvalue weighted by Crippen LogP contribution is -2.33. The van der Waals surface area contributed by atoms with Crippen molar-refractivity contribution in [2.45, 2.75) is 19.4 Å². The summed E-state index contributed by atoms with van der Waals surface area (Å²) >= 11 is 0. The summed E-state index contributed by atoms with van der Waals surface area (Å²) in [4.78, 5) is 24.1. The summed E-state index contributed by atoms with van der Waals surface area (Å²) in [7, 11) is -7.98. The molecule has 0 saturated heterocycles. The molecule has 0 radical (unpaired) electrons. The van der Waals surface area contributed by atoms with Crippen molar-refractivity contribution in [3.05, 3.63) is 58.4 Å². The van der Waals surface area contributed by atoms with Crippen molar-refractivity contribution in [1.29, 1.82) is 0 Å². The first-order chi connectivity index (χ1) is 15.5. The van der Waals surface area contributed by atoms with E-state index in [1.807, 2.05) is 0 Å². The van der Waals surface area contributed by atoms with E-state index in [4.69, 9.17) is 0 Å². The van der Waals surface area contributed by atoms with Crippen LogP contribution in [0.15, 0.2) is 52.0 Å². The van der Waals surface area contributed by atoms with Crippen LogP contribution in [0.1, 0.15) is 18.4 Å². The smallest absolute Gasteiger partial charge is 0.346 e. The topological polar surface area (TPSA) is 150 Å². The maximum Gasteiger partial charge on any atom is 0.346 e. The Kier molecular flexibility index (Phi) is 4.89. The number of benzene rings is 2. The Labute approximate surface area is 189 Å². The highest BCUT2D eigenvalue weighted by Crippen LogP contribution is 2.47. The third kappa shape index (κ3) is 4.03. The number of rotatable bonds is 5. The third-order valence-corrected chi connectivity index (χ3v) is 7.70. The molecule has 0 amide bonds. The molecule has 0 bridgehead atoms. The lowest BCUT2D eigenvalue weighted by atomic mass is 10.1. The van der Waals surface area contributed by atoms with Crippen LogP contribution in [-0.2, 0) is 21.1 Å². The van der Waals surface area contributed by atoms with Crippen LogP contribution < -0.4 is 20.9 Å². The summed E-state index contributed by atoms with van der Waals surface area (Å²) in [6, 6.07) is 11.0. The lowest BCUT2D eigenvalue weighted by Gasteiger charge is -2.24. The predicted molar refractivity (Wildman–Crippen MR) is 127 cm³/mol. The van der Waals surface area contributed by atoms with Crippen molar-refractivity contribution in [3.63, 3.8) is 0 Å². The van der Waals surface area contributed by atoms with Gasteiger partial charge in [0.2, 0.25) is 10.0 Å². The highest BCUT2D eigenvalue weighted by atomic mass is 32.2. The third-order valence-electron chi connectivity index (χ3n) is 5.62. The molecule has 2 aromatic carbocycles. The van der Waals surface area contributed by atoms with Crippen LogP contribution in [0, 0.1) is 5.92 Å². The molecule has 3 aromatic rings. The molecule has 172 valence electrons. The van der Waals surface area contributed by atoms with Crippen molar-refractivity contribution in [2.24, 2.45) is 10.7 Å². The van der Waals surface area contributed by atoms with Gasteiger partial charge in [0, 0.05) is 17.6 Å². The van der Waals surface area contributed by atoms with E-state index in [0.717, 1.165) is 19.1 Å². The number of fused-ring (bicyclic) bond motifs is 2. The van der Waals surface area contributed by atoms with Gasteiger partial charge in [-0.3, -0.25) is 14.1 Å². The van der Waals surface area contributed by atoms with Gasteiger partial charge in [-0.25, -0.2) is 8.42 Å². The lowest BCUT2D eigenvalue weighted by molar-refractivity contribution is 0.476. The zero-order valence-corrected chi connectivity index (χ0v) is 19.2. The van der Waals surface area contributed by atoms with Gasteiger partial charge in [-0.05, 0) is 49.1 Å². The van der Waals surface area contributed by atoms with Gasteiger partial charge in [0.15, 0.2) is 5.84 Å². The number of sulfonamides is 1. The number of amidine groups is 1. The highest BCUT2D eigenvalue weighted by Gasteiger charge is 2.34. The van der Waals surface area contributed by atoms with Crippen molar-refractivity contribution in [1.82, 2.24) is 4.57 Å². The van der Waals surface area contributed by atoms with Gasteiger partial charge in [-0.1, -0.05) is 12.1 Å². The molecule has 1 aliphatic carbocycles. The Hall–Kier alpha value is -3.14. The van der Waals surface area contributed by atoms with Gasteiger partial charge < -0.3 is 19.9 Å². The molecule has 2 aliphatic rings. The Bertz CT molecular complexity index is 1560. The molecule has 1 atom stereocenters. The molecular weight excluding hydrogens is 467 g/mol. The second-order valence-electron chi connectivity index (χ2n) is 8.32. The number of hydrogen-bond donors (Lipinski definition) is 4. The summed E-state index contributed by atoms with van der Waals surface area (Å²) in [5.41, 5.74) is 0.170. The summed E-state index contributed by atoms with van der Waals surface area (Å²) in [5, 5.41) is 14.2.